The first-order valence-electron chi connectivity index (χ1n) is 8.18. The van der Waals surface area contributed by atoms with Crippen LogP contribution in [0.2, 0.25) is 0 Å². The Hall–Kier alpha value is -2.14. The Morgan fingerprint density at radius 2 is 1.76 bits per heavy atom. The van der Waals surface area contributed by atoms with E-state index in [1.165, 1.54) is 0 Å². The molecule has 0 aliphatic rings. The van der Waals surface area contributed by atoms with Crippen molar-refractivity contribution in [3.05, 3.63) is 54.1 Å². The molecule has 4 nitrogen and oxygen atoms in total. The molecule has 134 valence electrons. The summed E-state index contributed by atoms with van der Waals surface area (Å²) in [6.07, 6.45) is -0.408. The van der Waals surface area contributed by atoms with Gasteiger partial charge in [-0.15, -0.1) is 0 Å². The van der Waals surface area contributed by atoms with Gasteiger partial charge in [0.1, 0.15) is 11.4 Å². The van der Waals surface area contributed by atoms with Gasteiger partial charge in [0, 0.05) is 9.79 Å². The van der Waals surface area contributed by atoms with Crippen molar-refractivity contribution in [3.63, 3.8) is 0 Å². The highest BCUT2D eigenvalue weighted by molar-refractivity contribution is 7.99. The molecule has 1 amide bonds. The summed E-state index contributed by atoms with van der Waals surface area (Å²) in [7, 11) is 1.66. The van der Waals surface area contributed by atoms with Gasteiger partial charge < -0.3 is 14.8 Å². The monoisotopic (exact) mass is 359 g/mol. The summed E-state index contributed by atoms with van der Waals surface area (Å²) >= 11 is 1.67. The fourth-order valence-electron chi connectivity index (χ4n) is 2.19. The molecule has 5 heteroatoms. The molecule has 0 heterocycles. The van der Waals surface area contributed by atoms with Crippen molar-refractivity contribution in [2.75, 3.05) is 7.11 Å². The van der Waals surface area contributed by atoms with E-state index in [0.717, 1.165) is 21.1 Å². The molecule has 0 saturated carbocycles. The molecular weight excluding hydrogens is 334 g/mol. The number of methoxy groups -OCH3 is 1. The van der Waals surface area contributed by atoms with Crippen LogP contribution in [0.15, 0.2) is 58.3 Å². The Balaban J connectivity index is 1.97. The van der Waals surface area contributed by atoms with Gasteiger partial charge in [0.2, 0.25) is 0 Å². The van der Waals surface area contributed by atoms with Gasteiger partial charge in [-0.2, -0.15) is 0 Å². The zero-order valence-corrected chi connectivity index (χ0v) is 16.1. The van der Waals surface area contributed by atoms with E-state index in [0.29, 0.717) is 0 Å². The van der Waals surface area contributed by atoms with Crippen LogP contribution in [-0.2, 0) is 4.74 Å². The quantitative estimate of drug-likeness (QED) is 0.773. The summed E-state index contributed by atoms with van der Waals surface area (Å²) < 4.78 is 10.5. The summed E-state index contributed by atoms with van der Waals surface area (Å²) in [5.41, 5.74) is 0.530. The molecule has 0 radical (unpaired) electrons. The van der Waals surface area contributed by atoms with Gasteiger partial charge in [0.05, 0.1) is 13.2 Å². The molecule has 2 aromatic carbocycles. The fourth-order valence-corrected chi connectivity index (χ4v) is 3.06. The lowest BCUT2D eigenvalue weighted by atomic mass is 10.1. The highest BCUT2D eigenvalue weighted by Gasteiger charge is 2.18. The molecule has 25 heavy (non-hydrogen) atoms. The van der Waals surface area contributed by atoms with Crippen molar-refractivity contribution in [1.82, 2.24) is 5.32 Å². The third-order valence-corrected chi connectivity index (χ3v) is 4.39. The second-order valence-corrected chi connectivity index (χ2v) is 7.86. The maximum atomic E-state index is 11.9. The molecule has 2 aromatic rings. The lowest BCUT2D eigenvalue weighted by Gasteiger charge is -2.22. The number of nitrogens with one attached hydrogen (secondary N) is 1. The number of benzene rings is 2. The maximum Gasteiger partial charge on any atom is 0.408 e. The van der Waals surface area contributed by atoms with Crippen molar-refractivity contribution in [3.8, 4) is 5.75 Å². The first kappa shape index (κ1) is 19.2. The van der Waals surface area contributed by atoms with E-state index in [1.807, 2.05) is 76.2 Å². The molecule has 0 aromatic heterocycles. The number of hydrogen-bond acceptors (Lipinski definition) is 4. The highest BCUT2D eigenvalue weighted by atomic mass is 32.2. The number of amides is 1. The van der Waals surface area contributed by atoms with E-state index in [9.17, 15) is 4.79 Å². The second kappa shape index (κ2) is 8.30. The minimum atomic E-state index is -0.499. The number of carbonyl (C=O) groups is 1. The molecule has 0 bridgehead atoms. The van der Waals surface area contributed by atoms with Crippen molar-refractivity contribution in [1.29, 1.82) is 0 Å². The van der Waals surface area contributed by atoms with Crippen molar-refractivity contribution < 1.29 is 14.3 Å². The molecule has 0 aliphatic carbocycles. The van der Waals surface area contributed by atoms with E-state index in [2.05, 4.69) is 5.32 Å². The zero-order chi connectivity index (χ0) is 18.4. The molecule has 1 N–H and O–H groups in total. The zero-order valence-electron chi connectivity index (χ0n) is 15.3. The third-order valence-electron chi connectivity index (χ3n) is 3.39. The van der Waals surface area contributed by atoms with Crippen LogP contribution in [0.4, 0.5) is 4.79 Å². The van der Waals surface area contributed by atoms with Crippen LogP contribution < -0.4 is 10.1 Å². The van der Waals surface area contributed by atoms with Crippen LogP contribution in [0.3, 0.4) is 0 Å². The Labute approximate surface area is 153 Å². The van der Waals surface area contributed by atoms with E-state index < -0.39 is 11.7 Å². The average Bonchev–Trinajstić information content (AvgIpc) is 2.53. The van der Waals surface area contributed by atoms with Crippen LogP contribution >= 0.6 is 11.8 Å². The summed E-state index contributed by atoms with van der Waals surface area (Å²) in [5, 5.41) is 2.85. The maximum absolute atomic E-state index is 11.9. The van der Waals surface area contributed by atoms with Crippen molar-refractivity contribution in [2.24, 2.45) is 0 Å². The fraction of sp³-hybridized carbons (Fsp3) is 0.350. The van der Waals surface area contributed by atoms with Gasteiger partial charge >= 0.3 is 6.09 Å². The van der Waals surface area contributed by atoms with E-state index in [4.69, 9.17) is 9.47 Å². The average molecular weight is 359 g/mol. The Bertz CT molecular complexity index is 708. The van der Waals surface area contributed by atoms with E-state index >= 15 is 0 Å². The number of carbonyl (C=O) groups excluding carboxylic acids is 1. The number of ether oxygens (including phenoxy) is 2. The molecule has 0 saturated heterocycles. The SMILES string of the molecule is COc1cccc(Sc2ccc([C@H](C)NC(=O)OC(C)(C)C)cc2)c1. The van der Waals surface area contributed by atoms with E-state index in [-0.39, 0.29) is 6.04 Å². The lowest BCUT2D eigenvalue weighted by Crippen LogP contribution is -2.34. The van der Waals surface area contributed by atoms with Crippen LogP contribution in [-0.4, -0.2) is 18.8 Å². The van der Waals surface area contributed by atoms with Gasteiger partial charge in [-0.1, -0.05) is 30.0 Å². The highest BCUT2D eigenvalue weighted by Crippen LogP contribution is 2.30. The van der Waals surface area contributed by atoms with E-state index in [1.54, 1.807) is 18.9 Å². The van der Waals surface area contributed by atoms with Crippen LogP contribution in [0.25, 0.3) is 0 Å². The molecule has 2 rings (SSSR count). The summed E-state index contributed by atoms with van der Waals surface area (Å²) in [6, 6.07) is 16.0. The largest absolute Gasteiger partial charge is 0.497 e. The minimum Gasteiger partial charge on any atom is -0.497 e. The van der Waals surface area contributed by atoms with Gasteiger partial charge in [-0.05, 0) is 63.6 Å². The lowest BCUT2D eigenvalue weighted by molar-refractivity contribution is 0.0508. The topological polar surface area (TPSA) is 47.6 Å². The normalized spacial score (nSPS) is 12.4. The Morgan fingerprint density at radius 1 is 1.08 bits per heavy atom. The summed E-state index contributed by atoms with van der Waals surface area (Å²) in [5.74, 6) is 0.844. The molecule has 0 spiro atoms. The Morgan fingerprint density at radius 3 is 2.36 bits per heavy atom. The van der Waals surface area contributed by atoms with Gasteiger partial charge in [0.25, 0.3) is 0 Å². The van der Waals surface area contributed by atoms with Crippen molar-refractivity contribution >= 4 is 17.9 Å². The molecule has 0 aliphatic heterocycles. The standard InChI is InChI=1S/C20H25NO3S/c1-14(21-19(22)24-20(2,3)4)15-9-11-17(12-10-15)25-18-8-6-7-16(13-18)23-5/h6-14H,1-5H3,(H,21,22)/t14-/m0/s1. The first-order chi connectivity index (χ1) is 11.8. The van der Waals surface area contributed by atoms with Crippen LogP contribution in [0.1, 0.15) is 39.3 Å². The summed E-state index contributed by atoms with van der Waals surface area (Å²) in [4.78, 5) is 14.1. The molecule has 0 unspecified atom stereocenters. The number of rotatable bonds is 5. The second-order valence-electron chi connectivity index (χ2n) is 6.72. The predicted molar refractivity (Wildman–Crippen MR) is 101 cm³/mol. The molecule has 0 fully saturated rings. The third kappa shape index (κ3) is 6.35. The molecule has 1 atom stereocenters. The van der Waals surface area contributed by atoms with Crippen molar-refractivity contribution in [2.45, 2.75) is 49.1 Å². The van der Waals surface area contributed by atoms with Gasteiger partial charge in [-0.25, -0.2) is 4.79 Å². The first-order valence-corrected chi connectivity index (χ1v) is 9.00. The predicted octanol–water partition coefficient (Wildman–Crippen LogP) is 5.43. The number of hydrogen-bond donors (Lipinski definition) is 1. The van der Waals surface area contributed by atoms with Gasteiger partial charge in [-0.3, -0.25) is 0 Å². The Kier molecular flexibility index (Phi) is 6.37. The number of alkyl carbamates (subject to hydrolysis) is 1. The van der Waals surface area contributed by atoms with Crippen LogP contribution in [0.5, 0.6) is 5.75 Å². The van der Waals surface area contributed by atoms with Gasteiger partial charge in [0.15, 0.2) is 0 Å². The molecular formula is C20H25NO3S. The van der Waals surface area contributed by atoms with Crippen LogP contribution in [0, 0.1) is 0 Å². The minimum absolute atomic E-state index is 0.120. The summed E-state index contributed by atoms with van der Waals surface area (Å²) in [6.45, 7) is 7.49. The smallest absolute Gasteiger partial charge is 0.408 e.